The van der Waals surface area contributed by atoms with E-state index in [9.17, 15) is 22.4 Å². The Kier molecular flexibility index (Phi) is 7.47. The number of alkyl halides is 4. The summed E-state index contributed by atoms with van der Waals surface area (Å²) in [4.78, 5) is 27.6. The van der Waals surface area contributed by atoms with Gasteiger partial charge in [-0.1, -0.05) is 0 Å². The van der Waals surface area contributed by atoms with Gasteiger partial charge in [-0.15, -0.1) is 10.2 Å². The first kappa shape index (κ1) is 27.4. The van der Waals surface area contributed by atoms with Crippen LogP contribution in [0.2, 0.25) is 0 Å². The smallest absolute Gasteiger partial charge is 0.415 e. The number of anilines is 3. The lowest BCUT2D eigenvalue weighted by atomic mass is 10.0. The number of halogens is 4. The molecular formula is C26H21F4N9O2. The van der Waals surface area contributed by atoms with E-state index in [4.69, 9.17) is 5.26 Å². The Bertz CT molecular complexity index is 1620. The minimum atomic E-state index is -4.78. The quantitative estimate of drug-likeness (QED) is 0.308. The van der Waals surface area contributed by atoms with E-state index in [1.807, 2.05) is 11.0 Å². The summed E-state index contributed by atoms with van der Waals surface area (Å²) in [5.41, 5.74) is 3.26. The van der Waals surface area contributed by atoms with Gasteiger partial charge < -0.3 is 20.0 Å². The van der Waals surface area contributed by atoms with Crippen molar-refractivity contribution < 1.29 is 26.8 Å². The van der Waals surface area contributed by atoms with Crippen molar-refractivity contribution in [3.8, 4) is 6.07 Å². The van der Waals surface area contributed by atoms with Gasteiger partial charge in [0.25, 0.3) is 5.91 Å². The van der Waals surface area contributed by atoms with Crippen LogP contribution >= 0.6 is 0 Å². The summed E-state index contributed by atoms with van der Waals surface area (Å²) in [5.74, 6) is -1.52. The van der Waals surface area contributed by atoms with Crippen molar-refractivity contribution in [2.75, 3.05) is 16.8 Å². The predicted molar refractivity (Wildman–Crippen MR) is 135 cm³/mol. The van der Waals surface area contributed by atoms with Crippen molar-refractivity contribution in [2.24, 2.45) is 0 Å². The Morgan fingerprint density at radius 1 is 1.20 bits per heavy atom. The number of benzene rings is 1. The van der Waals surface area contributed by atoms with Crippen LogP contribution in [0.25, 0.3) is 0 Å². The third-order valence-electron chi connectivity index (χ3n) is 6.40. The summed E-state index contributed by atoms with van der Waals surface area (Å²) in [6.07, 6.45) is -1.47. The molecule has 210 valence electrons. The zero-order chi connectivity index (χ0) is 29.1. The minimum absolute atomic E-state index is 0.161. The van der Waals surface area contributed by atoms with Crippen molar-refractivity contribution >= 4 is 23.2 Å². The van der Waals surface area contributed by atoms with Gasteiger partial charge in [0.05, 0.1) is 29.4 Å². The molecule has 4 heterocycles. The molecule has 0 bridgehead atoms. The number of carbonyl (C=O) groups is 1. The van der Waals surface area contributed by atoms with Crippen LogP contribution in [0.1, 0.15) is 57.5 Å². The first-order valence-corrected chi connectivity index (χ1v) is 12.3. The van der Waals surface area contributed by atoms with E-state index in [1.54, 1.807) is 24.3 Å². The fourth-order valence-electron chi connectivity index (χ4n) is 4.27. The maximum absolute atomic E-state index is 13.4. The fraction of sp³-hybridized carbons (Fsp3) is 0.269. The molecule has 1 amide bonds. The van der Waals surface area contributed by atoms with Crippen molar-refractivity contribution in [3.63, 3.8) is 0 Å². The number of carbonyl (C=O) groups excluding carboxylic acids is 1. The summed E-state index contributed by atoms with van der Waals surface area (Å²) in [7, 11) is 0. The number of pyridine rings is 1. The van der Waals surface area contributed by atoms with Crippen LogP contribution in [0.5, 0.6) is 0 Å². The molecule has 15 heteroatoms. The molecule has 11 nitrogen and oxygen atoms in total. The molecule has 0 fully saturated rings. The van der Waals surface area contributed by atoms with Gasteiger partial charge >= 0.3 is 12.1 Å². The van der Waals surface area contributed by atoms with Crippen LogP contribution in [0.3, 0.4) is 0 Å². The molecule has 0 aliphatic carbocycles. The second-order valence-corrected chi connectivity index (χ2v) is 9.10. The van der Waals surface area contributed by atoms with Gasteiger partial charge in [0.2, 0.25) is 5.89 Å². The SMILES string of the molecule is C[C@@H](NC(=O)c1ccc(Nc2ncnc3c2CCN(c2ccc(C#N)c(CF)c2)C3)nc1)c1nnc(C(F)(F)F)o1. The van der Waals surface area contributed by atoms with E-state index in [0.29, 0.717) is 42.3 Å². The summed E-state index contributed by atoms with van der Waals surface area (Å²) in [6.45, 7) is 1.75. The Labute approximate surface area is 230 Å². The van der Waals surface area contributed by atoms with Gasteiger partial charge in [-0.2, -0.15) is 18.4 Å². The van der Waals surface area contributed by atoms with E-state index in [0.717, 1.165) is 16.9 Å². The highest BCUT2D eigenvalue weighted by atomic mass is 19.4. The molecule has 1 aromatic carbocycles. The molecule has 0 radical (unpaired) electrons. The molecule has 5 rings (SSSR count). The first-order valence-electron chi connectivity index (χ1n) is 12.3. The van der Waals surface area contributed by atoms with Gasteiger partial charge in [-0.05, 0) is 43.7 Å². The number of fused-ring (bicyclic) bond motifs is 1. The number of aromatic nitrogens is 5. The average Bonchev–Trinajstić information content (AvgIpc) is 3.49. The van der Waals surface area contributed by atoms with Crippen LogP contribution in [0.15, 0.2) is 47.3 Å². The molecular weight excluding hydrogens is 546 g/mol. The van der Waals surface area contributed by atoms with E-state index < -0.39 is 30.7 Å². The van der Waals surface area contributed by atoms with Crippen molar-refractivity contribution in [3.05, 3.63) is 82.6 Å². The Morgan fingerprint density at radius 3 is 2.71 bits per heavy atom. The van der Waals surface area contributed by atoms with Crippen molar-refractivity contribution in [1.29, 1.82) is 5.26 Å². The van der Waals surface area contributed by atoms with E-state index in [-0.39, 0.29) is 11.5 Å². The number of hydrogen-bond acceptors (Lipinski definition) is 10. The van der Waals surface area contributed by atoms with E-state index in [2.05, 4.69) is 40.2 Å². The highest BCUT2D eigenvalue weighted by Crippen LogP contribution is 2.30. The molecule has 0 unspecified atom stereocenters. The molecule has 2 N–H and O–H groups in total. The molecule has 0 spiro atoms. The molecule has 3 aromatic heterocycles. The van der Waals surface area contributed by atoms with Crippen molar-refractivity contribution in [2.45, 2.75) is 38.8 Å². The summed E-state index contributed by atoms with van der Waals surface area (Å²) < 4.78 is 56.0. The molecule has 1 atom stereocenters. The highest BCUT2D eigenvalue weighted by molar-refractivity contribution is 5.94. The molecule has 4 aromatic rings. The topological polar surface area (TPSA) is 146 Å². The van der Waals surface area contributed by atoms with Crippen LogP contribution in [-0.2, 0) is 25.8 Å². The van der Waals surface area contributed by atoms with Crippen LogP contribution in [-0.4, -0.2) is 37.6 Å². The number of amides is 1. The third kappa shape index (κ3) is 5.91. The summed E-state index contributed by atoms with van der Waals surface area (Å²) in [5, 5.41) is 21.1. The number of hydrogen-bond donors (Lipinski definition) is 2. The second-order valence-electron chi connectivity index (χ2n) is 9.10. The Balaban J connectivity index is 1.24. The lowest BCUT2D eigenvalue weighted by molar-refractivity contribution is -0.157. The number of nitrogens with zero attached hydrogens (tertiary/aromatic N) is 7. The second kappa shape index (κ2) is 11.2. The standard InChI is InChI=1S/C26H21F4N9O2/c1-14(24-37-38-25(41-24)26(28,29)30)35-23(40)16-3-5-21(32-11-16)36-22-19-6-7-39(12-20(19)33-13-34-22)18-4-2-15(10-31)17(8-18)9-27/h2-5,8,11,13-14H,6-7,9,12H2,1H3,(H,35,40)(H,32,33,34,36)/t14-/m1/s1. The maximum Gasteiger partial charge on any atom is 0.470 e. The van der Waals surface area contributed by atoms with Gasteiger partial charge in [0, 0.05) is 29.6 Å². The molecule has 0 saturated heterocycles. The van der Waals surface area contributed by atoms with Crippen LogP contribution < -0.4 is 15.5 Å². The molecule has 1 aliphatic rings. The molecule has 1 aliphatic heterocycles. The van der Waals surface area contributed by atoms with E-state index >= 15 is 0 Å². The Morgan fingerprint density at radius 2 is 2.02 bits per heavy atom. The highest BCUT2D eigenvalue weighted by Gasteiger charge is 2.38. The van der Waals surface area contributed by atoms with Crippen LogP contribution in [0.4, 0.5) is 34.9 Å². The number of rotatable bonds is 7. The van der Waals surface area contributed by atoms with E-state index in [1.165, 1.54) is 25.5 Å². The maximum atomic E-state index is 13.4. The first-order chi connectivity index (χ1) is 19.7. The van der Waals surface area contributed by atoms with Crippen molar-refractivity contribution in [1.82, 2.24) is 30.5 Å². The minimum Gasteiger partial charge on any atom is -0.415 e. The fourth-order valence-corrected chi connectivity index (χ4v) is 4.27. The average molecular weight is 568 g/mol. The van der Waals surface area contributed by atoms with Crippen LogP contribution in [0, 0.1) is 11.3 Å². The third-order valence-corrected chi connectivity index (χ3v) is 6.40. The lowest BCUT2D eigenvalue weighted by Gasteiger charge is -2.31. The zero-order valence-corrected chi connectivity index (χ0v) is 21.4. The monoisotopic (exact) mass is 567 g/mol. The van der Waals surface area contributed by atoms with Gasteiger partial charge in [0.1, 0.15) is 30.7 Å². The summed E-state index contributed by atoms with van der Waals surface area (Å²) >= 11 is 0. The molecule has 0 saturated carbocycles. The largest absolute Gasteiger partial charge is 0.470 e. The zero-order valence-electron chi connectivity index (χ0n) is 21.4. The number of nitriles is 1. The lowest BCUT2D eigenvalue weighted by Crippen LogP contribution is -2.32. The molecule has 41 heavy (non-hydrogen) atoms. The van der Waals surface area contributed by atoms with Gasteiger partial charge in [-0.3, -0.25) is 4.79 Å². The number of nitrogens with one attached hydrogen (secondary N) is 2. The predicted octanol–water partition coefficient (Wildman–Crippen LogP) is 4.41. The normalized spacial score (nSPS) is 13.7. The Hall–Kier alpha value is -5.13. The van der Waals surface area contributed by atoms with Gasteiger partial charge in [-0.25, -0.2) is 19.3 Å². The van der Waals surface area contributed by atoms with Gasteiger partial charge in [0.15, 0.2) is 0 Å². The summed E-state index contributed by atoms with van der Waals surface area (Å²) in [6, 6.07) is 9.15.